The Bertz CT molecular complexity index is 848. The summed E-state index contributed by atoms with van der Waals surface area (Å²) in [5.41, 5.74) is 4.06. The first-order valence-electron chi connectivity index (χ1n) is 6.57. The van der Waals surface area contributed by atoms with Gasteiger partial charge in [-0.3, -0.25) is 10.1 Å². The Morgan fingerprint density at radius 1 is 1.10 bits per heavy atom. The number of carbonyl (C=O) groups is 1. The molecular weight excluding hydrogens is 302 g/mol. The van der Waals surface area contributed by atoms with Crippen molar-refractivity contribution < 1.29 is 4.79 Å². The third-order valence-electron chi connectivity index (χ3n) is 3.16. The SMILES string of the molecule is Cc1cc(C)c2nc(NC(=O)c3sc(C)nc3C)sc2c1. The van der Waals surface area contributed by atoms with Crippen molar-refractivity contribution in [3.05, 3.63) is 38.8 Å². The van der Waals surface area contributed by atoms with Crippen molar-refractivity contribution >= 4 is 43.9 Å². The number of aryl methyl sites for hydroxylation is 4. The van der Waals surface area contributed by atoms with E-state index in [9.17, 15) is 4.79 Å². The molecule has 0 fully saturated rings. The van der Waals surface area contributed by atoms with Gasteiger partial charge >= 0.3 is 0 Å². The summed E-state index contributed by atoms with van der Waals surface area (Å²) in [7, 11) is 0. The molecule has 0 atom stereocenters. The zero-order valence-corrected chi connectivity index (χ0v) is 13.9. The Kier molecular flexibility index (Phi) is 3.51. The second kappa shape index (κ2) is 5.20. The standard InChI is InChI=1S/C15H15N3OS2/c1-7-5-8(2)12-11(6-7)21-15(17-12)18-14(19)13-9(3)16-10(4)20-13/h5-6H,1-4H3,(H,17,18,19). The minimum atomic E-state index is -0.133. The molecule has 1 amide bonds. The highest BCUT2D eigenvalue weighted by Gasteiger charge is 2.16. The summed E-state index contributed by atoms with van der Waals surface area (Å²) in [6.45, 7) is 7.85. The van der Waals surface area contributed by atoms with Crippen molar-refractivity contribution in [2.75, 3.05) is 5.32 Å². The third-order valence-corrected chi connectivity index (χ3v) is 5.15. The molecule has 2 heterocycles. The molecule has 0 saturated carbocycles. The maximum atomic E-state index is 12.3. The largest absolute Gasteiger partial charge is 0.297 e. The van der Waals surface area contributed by atoms with Gasteiger partial charge in [0.1, 0.15) is 4.88 Å². The highest BCUT2D eigenvalue weighted by Crippen LogP contribution is 2.30. The summed E-state index contributed by atoms with van der Waals surface area (Å²) in [4.78, 5) is 21.8. The number of rotatable bonds is 2. The first-order chi connectivity index (χ1) is 9.94. The Labute approximate surface area is 130 Å². The van der Waals surface area contributed by atoms with Crippen molar-refractivity contribution in [1.29, 1.82) is 0 Å². The lowest BCUT2D eigenvalue weighted by Crippen LogP contribution is -2.11. The van der Waals surface area contributed by atoms with Crippen LogP contribution in [0.2, 0.25) is 0 Å². The molecule has 0 aliphatic rings. The molecule has 108 valence electrons. The van der Waals surface area contributed by atoms with Gasteiger partial charge in [-0.25, -0.2) is 9.97 Å². The van der Waals surface area contributed by atoms with Gasteiger partial charge in [0.25, 0.3) is 5.91 Å². The number of nitrogens with zero attached hydrogens (tertiary/aromatic N) is 2. The summed E-state index contributed by atoms with van der Waals surface area (Å²) >= 11 is 2.91. The van der Waals surface area contributed by atoms with Gasteiger partial charge in [-0.2, -0.15) is 0 Å². The van der Waals surface area contributed by atoms with Crippen molar-refractivity contribution in [2.24, 2.45) is 0 Å². The van der Waals surface area contributed by atoms with Gasteiger partial charge in [0.05, 0.1) is 20.9 Å². The van der Waals surface area contributed by atoms with E-state index in [1.165, 1.54) is 28.2 Å². The molecule has 3 rings (SSSR count). The van der Waals surface area contributed by atoms with Gasteiger partial charge in [0.2, 0.25) is 0 Å². The van der Waals surface area contributed by atoms with Gasteiger partial charge in [-0.05, 0) is 44.9 Å². The van der Waals surface area contributed by atoms with E-state index < -0.39 is 0 Å². The number of hydrogen-bond donors (Lipinski definition) is 1. The minimum Gasteiger partial charge on any atom is -0.297 e. The van der Waals surface area contributed by atoms with E-state index in [0.717, 1.165) is 26.5 Å². The van der Waals surface area contributed by atoms with Crippen LogP contribution in [0.1, 0.15) is 31.5 Å². The van der Waals surface area contributed by atoms with Crippen LogP contribution in [0.5, 0.6) is 0 Å². The second-order valence-corrected chi connectivity index (χ2v) is 7.28. The van der Waals surface area contributed by atoms with Crippen LogP contribution in [0.15, 0.2) is 12.1 Å². The number of benzene rings is 1. The average molecular weight is 317 g/mol. The highest BCUT2D eigenvalue weighted by molar-refractivity contribution is 7.22. The Hall–Kier alpha value is -1.79. The Morgan fingerprint density at radius 2 is 1.86 bits per heavy atom. The lowest BCUT2D eigenvalue weighted by Gasteiger charge is -1.98. The summed E-state index contributed by atoms with van der Waals surface area (Å²) in [6.07, 6.45) is 0. The Balaban J connectivity index is 1.93. The van der Waals surface area contributed by atoms with Gasteiger partial charge in [-0.1, -0.05) is 17.4 Å². The van der Waals surface area contributed by atoms with Crippen LogP contribution in [0.4, 0.5) is 5.13 Å². The van der Waals surface area contributed by atoms with E-state index in [4.69, 9.17) is 0 Å². The predicted octanol–water partition coefficient (Wildman–Crippen LogP) is 4.24. The molecule has 0 unspecified atom stereocenters. The molecule has 4 nitrogen and oxygen atoms in total. The molecule has 1 aromatic carbocycles. The van der Waals surface area contributed by atoms with Gasteiger partial charge < -0.3 is 0 Å². The molecule has 0 aliphatic heterocycles. The molecule has 0 bridgehead atoms. The quantitative estimate of drug-likeness (QED) is 0.769. The zero-order chi connectivity index (χ0) is 15.1. The molecule has 3 aromatic rings. The molecule has 0 aliphatic carbocycles. The fourth-order valence-corrected chi connectivity index (χ4v) is 4.17. The number of amides is 1. The molecule has 1 N–H and O–H groups in total. The number of thiazole rings is 2. The molecule has 0 radical (unpaired) electrons. The monoisotopic (exact) mass is 317 g/mol. The van der Waals surface area contributed by atoms with E-state index in [2.05, 4.69) is 34.3 Å². The van der Waals surface area contributed by atoms with Gasteiger partial charge in [0.15, 0.2) is 5.13 Å². The highest BCUT2D eigenvalue weighted by atomic mass is 32.1. The van der Waals surface area contributed by atoms with Crippen molar-refractivity contribution in [2.45, 2.75) is 27.7 Å². The predicted molar refractivity (Wildman–Crippen MR) is 88.6 cm³/mol. The van der Waals surface area contributed by atoms with Crippen LogP contribution < -0.4 is 5.32 Å². The fourth-order valence-electron chi connectivity index (χ4n) is 2.32. The first kappa shape index (κ1) is 14.2. The van der Waals surface area contributed by atoms with E-state index in [1.807, 2.05) is 20.8 Å². The van der Waals surface area contributed by atoms with Gasteiger partial charge in [-0.15, -0.1) is 11.3 Å². The minimum absolute atomic E-state index is 0.133. The second-order valence-electron chi connectivity index (χ2n) is 5.05. The zero-order valence-electron chi connectivity index (χ0n) is 12.3. The number of nitrogens with one attached hydrogen (secondary N) is 1. The van der Waals surface area contributed by atoms with E-state index >= 15 is 0 Å². The van der Waals surface area contributed by atoms with Crippen LogP contribution in [0, 0.1) is 27.7 Å². The van der Waals surface area contributed by atoms with Crippen molar-refractivity contribution in [1.82, 2.24) is 9.97 Å². The number of anilines is 1. The van der Waals surface area contributed by atoms with Crippen LogP contribution >= 0.6 is 22.7 Å². The topological polar surface area (TPSA) is 54.9 Å². The molecule has 0 saturated heterocycles. The van der Waals surface area contributed by atoms with Gasteiger partial charge in [0, 0.05) is 0 Å². The smallest absolute Gasteiger partial charge is 0.269 e. The lowest BCUT2D eigenvalue weighted by molar-refractivity contribution is 0.103. The summed E-state index contributed by atoms with van der Waals surface area (Å²) in [6, 6.07) is 4.20. The summed E-state index contributed by atoms with van der Waals surface area (Å²) in [5.74, 6) is -0.133. The van der Waals surface area contributed by atoms with Crippen molar-refractivity contribution in [3.63, 3.8) is 0 Å². The maximum absolute atomic E-state index is 12.3. The lowest BCUT2D eigenvalue weighted by atomic mass is 10.1. The number of aromatic nitrogens is 2. The van der Waals surface area contributed by atoms with E-state index in [1.54, 1.807) is 0 Å². The average Bonchev–Trinajstić information content (AvgIpc) is 2.92. The summed E-state index contributed by atoms with van der Waals surface area (Å²) < 4.78 is 1.10. The number of hydrogen-bond acceptors (Lipinski definition) is 5. The fraction of sp³-hybridized carbons (Fsp3) is 0.267. The Morgan fingerprint density at radius 3 is 2.52 bits per heavy atom. The van der Waals surface area contributed by atoms with E-state index in [0.29, 0.717) is 10.0 Å². The normalized spacial score (nSPS) is 11.0. The molecule has 2 aromatic heterocycles. The van der Waals surface area contributed by atoms with Crippen LogP contribution in [-0.4, -0.2) is 15.9 Å². The van der Waals surface area contributed by atoms with Crippen molar-refractivity contribution in [3.8, 4) is 0 Å². The first-order valence-corrected chi connectivity index (χ1v) is 8.20. The molecular formula is C15H15N3OS2. The van der Waals surface area contributed by atoms with Crippen LogP contribution in [0.3, 0.4) is 0 Å². The number of fused-ring (bicyclic) bond motifs is 1. The molecule has 21 heavy (non-hydrogen) atoms. The molecule has 0 spiro atoms. The van der Waals surface area contributed by atoms with E-state index in [-0.39, 0.29) is 5.91 Å². The third kappa shape index (κ3) is 2.69. The molecule has 6 heteroatoms. The van der Waals surface area contributed by atoms with Crippen LogP contribution in [0.25, 0.3) is 10.2 Å². The number of carbonyl (C=O) groups excluding carboxylic acids is 1. The summed E-state index contributed by atoms with van der Waals surface area (Å²) in [5, 5.41) is 4.42. The maximum Gasteiger partial charge on any atom is 0.269 e. The van der Waals surface area contributed by atoms with Crippen LogP contribution in [-0.2, 0) is 0 Å².